The summed E-state index contributed by atoms with van der Waals surface area (Å²) in [5, 5.41) is 30.1. The zero-order valence-electron chi connectivity index (χ0n) is 23.6. The number of hydrogen-bond acceptors (Lipinski definition) is 9. The lowest BCUT2D eigenvalue weighted by atomic mass is 9.48. The molecule has 40 heavy (non-hydrogen) atoms. The molecule has 9 nitrogen and oxygen atoms in total. The number of methoxy groups -OCH3 is 1. The molecule has 0 saturated heterocycles. The first-order chi connectivity index (χ1) is 19.6. The van der Waals surface area contributed by atoms with Gasteiger partial charge in [0.15, 0.2) is 0 Å². The van der Waals surface area contributed by atoms with E-state index in [2.05, 4.69) is 32.0 Å². The Morgan fingerprint density at radius 2 is 1.85 bits per heavy atom. The Labute approximate surface area is 237 Å². The average Bonchev–Trinajstić information content (AvgIpc) is 2.99. The van der Waals surface area contributed by atoms with Gasteiger partial charge < -0.3 is 25.8 Å². The number of ether oxygens (including phenoxy) is 1. The van der Waals surface area contributed by atoms with Crippen molar-refractivity contribution in [2.24, 2.45) is 35.0 Å². The summed E-state index contributed by atoms with van der Waals surface area (Å²) in [6, 6.07) is 6.75. The third-order valence-electron chi connectivity index (χ3n) is 10.3. The zero-order valence-corrected chi connectivity index (χ0v) is 23.6. The topological polar surface area (TPSA) is 128 Å². The number of aliphatic hydroxyl groups excluding tert-OH is 1. The maximum absolute atomic E-state index is 9.74. The molecular weight excluding hydrogens is 502 g/mol. The van der Waals surface area contributed by atoms with Crippen LogP contribution in [0.2, 0.25) is 0 Å². The molecule has 9 heteroatoms. The molecule has 5 aliphatic rings. The minimum absolute atomic E-state index is 0.280. The fourth-order valence-corrected chi connectivity index (χ4v) is 8.53. The summed E-state index contributed by atoms with van der Waals surface area (Å²) in [6.07, 6.45) is 14.7. The molecule has 5 aliphatic carbocycles. The van der Waals surface area contributed by atoms with E-state index in [0.29, 0.717) is 48.3 Å². The number of aliphatic hydroxyl groups is 1. The first-order valence-corrected chi connectivity index (χ1v) is 15.1. The van der Waals surface area contributed by atoms with Crippen LogP contribution < -0.4 is 20.7 Å². The number of nitrogens with zero attached hydrogens (tertiary/aromatic N) is 4. The first-order valence-electron chi connectivity index (χ1n) is 15.1. The van der Waals surface area contributed by atoms with E-state index in [9.17, 15) is 10.4 Å². The van der Waals surface area contributed by atoms with E-state index in [4.69, 9.17) is 9.72 Å². The Balaban J connectivity index is 1.07. The van der Waals surface area contributed by atoms with Gasteiger partial charge in [-0.3, -0.25) is 0 Å². The van der Waals surface area contributed by atoms with E-state index in [-0.39, 0.29) is 5.41 Å². The molecule has 0 spiro atoms. The number of nitrogens with one attached hydrogen (secondary N) is 3. The predicted octanol–water partition coefficient (Wildman–Crippen LogP) is 4.36. The van der Waals surface area contributed by atoms with Crippen LogP contribution in [0.25, 0.3) is 0 Å². The van der Waals surface area contributed by atoms with E-state index in [1.165, 1.54) is 57.8 Å². The summed E-state index contributed by atoms with van der Waals surface area (Å²) < 4.78 is 5.35. The van der Waals surface area contributed by atoms with E-state index in [1.807, 2.05) is 12.1 Å². The fourth-order valence-electron chi connectivity index (χ4n) is 8.53. The molecule has 3 unspecified atom stereocenters. The fraction of sp³-hybridized carbons (Fsp3) is 0.677. The quantitative estimate of drug-likeness (QED) is 0.326. The average molecular weight is 546 g/mol. The minimum atomic E-state index is 0.280. The summed E-state index contributed by atoms with van der Waals surface area (Å²) in [5.74, 6) is 5.27. The number of hydrogen-bond donors (Lipinski definition) is 4. The normalized spacial score (nSPS) is 32.4. The molecule has 7 rings (SSSR count). The summed E-state index contributed by atoms with van der Waals surface area (Å²) in [4.78, 5) is 13.3. The molecule has 0 aromatic carbocycles. The Morgan fingerprint density at radius 1 is 1.07 bits per heavy atom. The Morgan fingerprint density at radius 3 is 2.58 bits per heavy atom. The predicted molar refractivity (Wildman–Crippen MR) is 154 cm³/mol. The van der Waals surface area contributed by atoms with Crippen molar-refractivity contribution in [2.75, 3.05) is 37.4 Å². The number of anilines is 2. The second-order valence-corrected chi connectivity index (χ2v) is 12.9. The van der Waals surface area contributed by atoms with Gasteiger partial charge in [0.05, 0.1) is 13.3 Å². The van der Waals surface area contributed by atoms with Crippen LogP contribution in [0.4, 0.5) is 11.8 Å². The third kappa shape index (κ3) is 5.75. The highest BCUT2D eigenvalue weighted by atomic mass is 16.5. The van der Waals surface area contributed by atoms with Crippen LogP contribution in [0.1, 0.15) is 68.9 Å². The lowest BCUT2D eigenvalue weighted by Gasteiger charge is -2.60. The molecule has 0 aliphatic heterocycles. The van der Waals surface area contributed by atoms with Crippen molar-refractivity contribution in [2.45, 2.75) is 70.4 Å². The summed E-state index contributed by atoms with van der Waals surface area (Å²) in [5.41, 5.74) is 1.68. The van der Waals surface area contributed by atoms with E-state index < -0.39 is 0 Å². The second kappa shape index (κ2) is 11.9. The van der Waals surface area contributed by atoms with Crippen LogP contribution in [0.5, 0.6) is 5.88 Å². The molecule has 2 heterocycles. The van der Waals surface area contributed by atoms with Crippen LogP contribution >= 0.6 is 0 Å². The SMILES string of the molecule is COc1ncccc1CNc1ncc(C#N)c(NCC23CC4C[C@H](C2)C(NCC2CCC(CO)CC2)[C@@H](C4)C3)n1. The summed E-state index contributed by atoms with van der Waals surface area (Å²) >= 11 is 0. The smallest absolute Gasteiger partial charge is 0.224 e. The lowest BCUT2D eigenvalue weighted by molar-refractivity contribution is -0.0703. The maximum atomic E-state index is 9.74. The molecule has 0 amide bonds. The highest BCUT2D eigenvalue weighted by Crippen LogP contribution is 2.60. The molecule has 5 atom stereocenters. The Kier molecular flexibility index (Phi) is 8.08. The molecule has 5 saturated carbocycles. The van der Waals surface area contributed by atoms with Crippen molar-refractivity contribution < 1.29 is 9.84 Å². The van der Waals surface area contributed by atoms with Crippen LogP contribution in [0.3, 0.4) is 0 Å². The Bertz CT molecular complexity index is 1190. The van der Waals surface area contributed by atoms with Gasteiger partial charge in [-0.1, -0.05) is 6.07 Å². The number of aromatic nitrogens is 3. The van der Waals surface area contributed by atoms with Gasteiger partial charge >= 0.3 is 0 Å². The van der Waals surface area contributed by atoms with E-state index in [0.717, 1.165) is 42.3 Å². The lowest BCUT2D eigenvalue weighted by Crippen LogP contribution is -2.60. The largest absolute Gasteiger partial charge is 0.481 e. The molecular formula is C31H43N7O2. The first kappa shape index (κ1) is 27.2. The van der Waals surface area contributed by atoms with Crippen molar-refractivity contribution in [3.8, 4) is 11.9 Å². The molecule has 214 valence electrons. The standard InChI is InChI=1S/C31H43N7O2/c1-40-29-23(3-2-8-33-29)16-35-30-36-17-26(14-32)28(38-30)37-19-31-11-22-9-24(12-31)27(25(10-22)13-31)34-15-20-4-6-21(18-39)7-5-20/h2-3,8,17,20-22,24-25,27,34,39H,4-7,9-13,15-16,18-19H2,1H3,(H2,35,36,37,38)/t20?,21?,22?,24-,25+,27?,31?. The van der Waals surface area contributed by atoms with Crippen molar-refractivity contribution in [1.29, 1.82) is 5.26 Å². The van der Waals surface area contributed by atoms with Gasteiger partial charge in [-0.15, -0.1) is 0 Å². The highest BCUT2D eigenvalue weighted by molar-refractivity contribution is 5.53. The van der Waals surface area contributed by atoms with Crippen LogP contribution in [-0.2, 0) is 6.54 Å². The van der Waals surface area contributed by atoms with Gasteiger partial charge in [0.25, 0.3) is 0 Å². The Hall–Kier alpha value is -2.96. The van der Waals surface area contributed by atoms with Crippen molar-refractivity contribution in [1.82, 2.24) is 20.3 Å². The van der Waals surface area contributed by atoms with Crippen LogP contribution in [-0.4, -0.2) is 52.9 Å². The molecule has 5 fully saturated rings. The third-order valence-corrected chi connectivity index (χ3v) is 10.3. The minimum Gasteiger partial charge on any atom is -0.481 e. The van der Waals surface area contributed by atoms with Gasteiger partial charge in [-0.05, 0) is 105 Å². The van der Waals surface area contributed by atoms with Gasteiger partial charge in [-0.2, -0.15) is 10.2 Å². The molecule has 2 aromatic heterocycles. The highest BCUT2D eigenvalue weighted by Gasteiger charge is 2.55. The zero-order chi connectivity index (χ0) is 27.5. The van der Waals surface area contributed by atoms with Gasteiger partial charge in [0.1, 0.15) is 17.5 Å². The van der Waals surface area contributed by atoms with Crippen molar-refractivity contribution >= 4 is 11.8 Å². The van der Waals surface area contributed by atoms with Gasteiger partial charge in [0.2, 0.25) is 11.8 Å². The second-order valence-electron chi connectivity index (χ2n) is 12.9. The van der Waals surface area contributed by atoms with Crippen LogP contribution in [0.15, 0.2) is 24.5 Å². The molecule has 0 radical (unpaired) electrons. The molecule has 4 bridgehead atoms. The molecule has 2 aromatic rings. The number of pyridine rings is 1. The maximum Gasteiger partial charge on any atom is 0.224 e. The van der Waals surface area contributed by atoms with Gasteiger partial charge in [-0.25, -0.2) is 9.97 Å². The van der Waals surface area contributed by atoms with Crippen LogP contribution in [0, 0.1) is 46.3 Å². The molecule has 4 N–H and O–H groups in total. The van der Waals surface area contributed by atoms with E-state index >= 15 is 0 Å². The van der Waals surface area contributed by atoms with Crippen molar-refractivity contribution in [3.63, 3.8) is 0 Å². The van der Waals surface area contributed by atoms with Gasteiger partial charge in [0, 0.05) is 37.5 Å². The number of rotatable bonds is 11. The van der Waals surface area contributed by atoms with Crippen molar-refractivity contribution in [3.05, 3.63) is 35.7 Å². The monoisotopic (exact) mass is 545 g/mol. The summed E-state index contributed by atoms with van der Waals surface area (Å²) in [7, 11) is 1.61. The number of nitriles is 1. The summed E-state index contributed by atoms with van der Waals surface area (Å²) in [6.45, 7) is 2.83. The van der Waals surface area contributed by atoms with E-state index in [1.54, 1.807) is 19.5 Å².